The number of carboxylic acid groups (broad SMARTS) is 3. The van der Waals surface area contributed by atoms with Crippen molar-refractivity contribution in [2.75, 3.05) is 72.0 Å². The van der Waals surface area contributed by atoms with Crippen LogP contribution in [0.15, 0.2) is 0 Å². The Labute approximate surface area is 191 Å². The molecule has 33 heavy (non-hydrogen) atoms. The van der Waals surface area contributed by atoms with Crippen LogP contribution in [0.25, 0.3) is 0 Å². The van der Waals surface area contributed by atoms with Crippen molar-refractivity contribution < 1.29 is 39.3 Å². The topological polar surface area (TPSA) is 211 Å². The third kappa shape index (κ3) is 12.1. The lowest BCUT2D eigenvalue weighted by molar-refractivity contribution is -0.145. The van der Waals surface area contributed by atoms with Gasteiger partial charge in [-0.15, -0.1) is 0 Å². The minimum Gasteiger partial charge on any atom is -0.481 e. The monoisotopic (exact) mass is 474 g/mol. The molecule has 1 atom stereocenters. The maximum Gasteiger partial charge on any atom is 0.320 e. The van der Waals surface area contributed by atoms with E-state index in [2.05, 4.69) is 0 Å². The maximum atomic E-state index is 11.9. The zero-order valence-electron chi connectivity index (χ0n) is 18.6. The normalized spacial score (nSPS) is 19.2. The Bertz CT molecular complexity index is 674. The molecule has 1 aliphatic heterocycles. The Hall–Kier alpha value is -2.81. The third-order valence-electron chi connectivity index (χ3n) is 5.35. The van der Waals surface area contributed by atoms with Crippen molar-refractivity contribution in [2.24, 2.45) is 11.5 Å². The summed E-state index contributed by atoms with van der Waals surface area (Å²) in [6.45, 7) is 1.77. The Kier molecular flexibility index (Phi) is 12.3. The SMILES string of the molecule is NC(=O)CN1CCN(CC(=O)O)CCN(CC(N)=O)CCN(C(CCC(=O)O)C(=O)O)CC1. The number of carbonyl (C=O) groups excluding carboxylic acids is 2. The molecule has 188 valence electrons. The molecule has 1 fully saturated rings. The highest BCUT2D eigenvalue weighted by molar-refractivity contribution is 5.76. The van der Waals surface area contributed by atoms with Crippen molar-refractivity contribution in [2.45, 2.75) is 18.9 Å². The van der Waals surface area contributed by atoms with Gasteiger partial charge in [-0.1, -0.05) is 0 Å². The third-order valence-corrected chi connectivity index (χ3v) is 5.35. The first kappa shape index (κ1) is 28.2. The minimum atomic E-state index is -1.17. The predicted molar refractivity (Wildman–Crippen MR) is 115 cm³/mol. The van der Waals surface area contributed by atoms with E-state index in [1.165, 1.54) is 0 Å². The molecule has 1 unspecified atom stereocenters. The number of aliphatic carboxylic acids is 3. The molecule has 0 aromatic carbocycles. The van der Waals surface area contributed by atoms with Crippen LogP contribution in [-0.2, 0) is 24.0 Å². The second kappa shape index (κ2) is 14.4. The van der Waals surface area contributed by atoms with Gasteiger partial charge in [0.05, 0.1) is 19.6 Å². The molecule has 14 nitrogen and oxygen atoms in total. The number of carbonyl (C=O) groups is 5. The van der Waals surface area contributed by atoms with Gasteiger partial charge in [0, 0.05) is 58.8 Å². The van der Waals surface area contributed by atoms with Gasteiger partial charge >= 0.3 is 17.9 Å². The Morgan fingerprint density at radius 1 is 0.636 bits per heavy atom. The molecule has 0 saturated carbocycles. The van der Waals surface area contributed by atoms with Crippen LogP contribution in [0, 0.1) is 0 Å². The van der Waals surface area contributed by atoms with Gasteiger partial charge in [-0.3, -0.25) is 43.6 Å². The summed E-state index contributed by atoms with van der Waals surface area (Å²) < 4.78 is 0. The first-order chi connectivity index (χ1) is 15.5. The zero-order chi connectivity index (χ0) is 25.0. The van der Waals surface area contributed by atoms with Crippen molar-refractivity contribution in [1.82, 2.24) is 19.6 Å². The zero-order valence-corrected chi connectivity index (χ0v) is 18.6. The van der Waals surface area contributed by atoms with E-state index in [0.717, 1.165) is 0 Å². The number of hydrogen-bond donors (Lipinski definition) is 5. The second-order valence-corrected chi connectivity index (χ2v) is 7.98. The van der Waals surface area contributed by atoms with E-state index in [1.807, 2.05) is 0 Å². The highest BCUT2D eigenvalue weighted by atomic mass is 16.4. The molecule has 1 rings (SSSR count). The van der Waals surface area contributed by atoms with E-state index in [9.17, 15) is 34.2 Å². The van der Waals surface area contributed by atoms with E-state index in [1.54, 1.807) is 19.6 Å². The summed E-state index contributed by atoms with van der Waals surface area (Å²) in [5, 5.41) is 27.9. The number of carboxylic acids is 3. The van der Waals surface area contributed by atoms with Gasteiger partial charge in [-0.2, -0.15) is 0 Å². The van der Waals surface area contributed by atoms with Crippen molar-refractivity contribution in [3.05, 3.63) is 0 Å². The summed E-state index contributed by atoms with van der Waals surface area (Å²) in [6.07, 6.45) is -0.434. The molecule has 1 saturated heterocycles. The average molecular weight is 475 g/mol. The Morgan fingerprint density at radius 3 is 1.36 bits per heavy atom. The molecule has 1 aliphatic rings. The summed E-state index contributed by atoms with van der Waals surface area (Å²) in [7, 11) is 0. The Balaban J connectivity index is 3.11. The van der Waals surface area contributed by atoms with Crippen LogP contribution in [0.1, 0.15) is 12.8 Å². The van der Waals surface area contributed by atoms with Crippen LogP contribution >= 0.6 is 0 Å². The van der Waals surface area contributed by atoms with Crippen LogP contribution in [0.5, 0.6) is 0 Å². The Morgan fingerprint density at radius 2 is 1.03 bits per heavy atom. The fourth-order valence-electron chi connectivity index (χ4n) is 3.69. The summed E-state index contributed by atoms with van der Waals surface area (Å²) in [5.74, 6) is -4.45. The van der Waals surface area contributed by atoms with Gasteiger partial charge < -0.3 is 26.8 Å². The number of nitrogens with zero attached hydrogens (tertiary/aromatic N) is 4. The van der Waals surface area contributed by atoms with Crippen LogP contribution in [0.2, 0.25) is 0 Å². The summed E-state index contributed by atoms with van der Waals surface area (Å²) in [6, 6.07) is -1.07. The fraction of sp³-hybridized carbons (Fsp3) is 0.737. The molecule has 2 amide bonds. The van der Waals surface area contributed by atoms with Crippen molar-refractivity contribution in [3.63, 3.8) is 0 Å². The summed E-state index contributed by atoms with van der Waals surface area (Å²) in [4.78, 5) is 63.8. The van der Waals surface area contributed by atoms with Crippen LogP contribution in [0.3, 0.4) is 0 Å². The van der Waals surface area contributed by atoms with Gasteiger partial charge in [0.25, 0.3) is 0 Å². The standard InChI is InChI=1S/C19H34N6O8/c20-15(26)11-22-3-5-24(13-18(30)31)6-4-23(12-16(21)27)8-10-25(9-7-22)14(19(32)33)1-2-17(28)29/h14H,1-13H2,(H2,20,26)(H2,21,27)(H,28,29)(H,30,31)(H,32,33). The number of rotatable bonds is 11. The number of hydrogen-bond acceptors (Lipinski definition) is 9. The fourth-order valence-corrected chi connectivity index (χ4v) is 3.69. The van der Waals surface area contributed by atoms with Gasteiger partial charge in [0.2, 0.25) is 11.8 Å². The van der Waals surface area contributed by atoms with Gasteiger partial charge in [0.1, 0.15) is 6.04 Å². The van der Waals surface area contributed by atoms with E-state index in [-0.39, 0.29) is 58.7 Å². The second-order valence-electron chi connectivity index (χ2n) is 7.98. The molecular weight excluding hydrogens is 440 g/mol. The van der Waals surface area contributed by atoms with Gasteiger partial charge in [-0.05, 0) is 6.42 Å². The van der Waals surface area contributed by atoms with Gasteiger partial charge in [0.15, 0.2) is 0 Å². The lowest BCUT2D eigenvalue weighted by Crippen LogP contribution is -2.52. The van der Waals surface area contributed by atoms with Crippen LogP contribution in [0.4, 0.5) is 0 Å². The quantitative estimate of drug-likeness (QED) is 0.198. The number of amides is 2. The van der Waals surface area contributed by atoms with Crippen LogP contribution < -0.4 is 11.5 Å². The lowest BCUT2D eigenvalue weighted by atomic mass is 10.1. The molecule has 0 aliphatic carbocycles. The number of nitrogens with two attached hydrogens (primary N) is 2. The van der Waals surface area contributed by atoms with E-state index < -0.39 is 35.8 Å². The van der Waals surface area contributed by atoms with Crippen molar-refractivity contribution in [3.8, 4) is 0 Å². The first-order valence-electron chi connectivity index (χ1n) is 10.6. The first-order valence-corrected chi connectivity index (χ1v) is 10.6. The average Bonchev–Trinajstić information content (AvgIpc) is 2.67. The largest absolute Gasteiger partial charge is 0.481 e. The summed E-state index contributed by atoms with van der Waals surface area (Å²) in [5.41, 5.74) is 10.7. The lowest BCUT2D eigenvalue weighted by Gasteiger charge is -2.35. The minimum absolute atomic E-state index is 0.0879. The van der Waals surface area contributed by atoms with E-state index in [4.69, 9.17) is 16.6 Å². The van der Waals surface area contributed by atoms with E-state index in [0.29, 0.717) is 26.2 Å². The molecular formula is C19H34N6O8. The molecule has 0 radical (unpaired) electrons. The smallest absolute Gasteiger partial charge is 0.320 e. The van der Waals surface area contributed by atoms with Crippen molar-refractivity contribution in [1.29, 1.82) is 0 Å². The molecule has 0 bridgehead atoms. The molecule has 0 spiro atoms. The molecule has 0 aromatic rings. The van der Waals surface area contributed by atoms with E-state index >= 15 is 0 Å². The molecule has 14 heteroatoms. The number of primary amides is 2. The highest BCUT2D eigenvalue weighted by Gasteiger charge is 2.28. The van der Waals surface area contributed by atoms with Crippen LogP contribution in [-0.4, -0.2) is 143 Å². The van der Waals surface area contributed by atoms with Gasteiger partial charge in [-0.25, -0.2) is 0 Å². The summed E-state index contributed by atoms with van der Waals surface area (Å²) >= 11 is 0. The molecule has 7 N–H and O–H groups in total. The predicted octanol–water partition coefficient (Wildman–Crippen LogP) is -3.42. The molecule has 0 aromatic heterocycles. The molecule has 1 heterocycles. The highest BCUT2D eigenvalue weighted by Crippen LogP contribution is 2.10. The van der Waals surface area contributed by atoms with Crippen molar-refractivity contribution >= 4 is 29.7 Å². The maximum absolute atomic E-state index is 11.9.